The lowest BCUT2D eigenvalue weighted by Gasteiger charge is -2.46. The summed E-state index contributed by atoms with van der Waals surface area (Å²) in [6.45, 7) is 7.87. The molecule has 1 unspecified atom stereocenters. The van der Waals surface area contributed by atoms with Crippen molar-refractivity contribution in [3.8, 4) is 0 Å². The Morgan fingerprint density at radius 3 is 2.64 bits per heavy atom. The first kappa shape index (κ1) is 14.3. The Morgan fingerprint density at radius 2 is 2.00 bits per heavy atom. The van der Waals surface area contributed by atoms with Gasteiger partial charge in [0.1, 0.15) is 0 Å². The number of hydrogen-bond acceptors (Lipinski definition) is 2. The smallest absolute Gasteiger partial charge is 0.0658 e. The molecular weight excluding hydrogens is 270 g/mol. The molecule has 0 spiro atoms. The van der Waals surface area contributed by atoms with E-state index in [1.807, 2.05) is 0 Å². The van der Waals surface area contributed by atoms with Crippen molar-refractivity contribution in [2.75, 3.05) is 6.54 Å². The van der Waals surface area contributed by atoms with E-state index in [2.05, 4.69) is 49.3 Å². The maximum atomic E-state index is 6.63. The van der Waals surface area contributed by atoms with Gasteiger partial charge in [-0.05, 0) is 60.9 Å². The molecule has 118 valence electrons. The SMILES string of the molecule is CC(C)(C)c1ccc2[nH]c3c(c2c1)CCNC3C1(N)CCC1. The Morgan fingerprint density at radius 1 is 1.23 bits per heavy atom. The molecule has 0 radical (unpaired) electrons. The standard InChI is InChI=1S/C19H27N3/c1-18(2,3)12-5-6-15-14(11-12)13-7-10-21-17(16(13)22-15)19(20)8-4-9-19/h5-6,11,17,21-22H,4,7-10,20H2,1-3H3. The first-order valence-electron chi connectivity index (χ1n) is 8.56. The van der Waals surface area contributed by atoms with Crippen molar-refractivity contribution >= 4 is 10.9 Å². The minimum absolute atomic E-state index is 0.0527. The van der Waals surface area contributed by atoms with Crippen LogP contribution in [0, 0.1) is 0 Å². The molecule has 0 bridgehead atoms. The number of rotatable bonds is 1. The van der Waals surface area contributed by atoms with Gasteiger partial charge in [0.2, 0.25) is 0 Å². The van der Waals surface area contributed by atoms with Gasteiger partial charge >= 0.3 is 0 Å². The van der Waals surface area contributed by atoms with Crippen LogP contribution in [-0.4, -0.2) is 17.1 Å². The van der Waals surface area contributed by atoms with E-state index in [-0.39, 0.29) is 17.0 Å². The first-order valence-corrected chi connectivity index (χ1v) is 8.56. The van der Waals surface area contributed by atoms with Crippen LogP contribution >= 0.6 is 0 Å². The van der Waals surface area contributed by atoms with Gasteiger partial charge in [0, 0.05) is 22.1 Å². The summed E-state index contributed by atoms with van der Waals surface area (Å²) in [5, 5.41) is 5.07. The summed E-state index contributed by atoms with van der Waals surface area (Å²) in [6.07, 6.45) is 4.62. The summed E-state index contributed by atoms with van der Waals surface area (Å²) in [4.78, 5) is 3.68. The Balaban J connectivity index is 1.85. The number of hydrogen-bond donors (Lipinski definition) is 3. The van der Waals surface area contributed by atoms with Crippen molar-refractivity contribution in [1.82, 2.24) is 10.3 Å². The lowest BCUT2D eigenvalue weighted by molar-refractivity contribution is 0.169. The number of H-pyrrole nitrogens is 1. The molecule has 0 amide bonds. The van der Waals surface area contributed by atoms with E-state index < -0.39 is 0 Å². The molecule has 4 N–H and O–H groups in total. The molecule has 2 aromatic rings. The Kier molecular flexibility index (Phi) is 2.98. The van der Waals surface area contributed by atoms with Crippen molar-refractivity contribution < 1.29 is 0 Å². The van der Waals surface area contributed by atoms with Crippen LogP contribution in [-0.2, 0) is 11.8 Å². The molecule has 1 fully saturated rings. The monoisotopic (exact) mass is 297 g/mol. The average Bonchev–Trinajstić information content (AvgIpc) is 2.81. The zero-order valence-electron chi connectivity index (χ0n) is 13.9. The van der Waals surface area contributed by atoms with Crippen LogP contribution in [0.15, 0.2) is 18.2 Å². The molecule has 0 saturated heterocycles. The lowest BCUT2D eigenvalue weighted by Crippen LogP contribution is -2.57. The maximum Gasteiger partial charge on any atom is 0.0658 e. The molecule has 1 aliphatic carbocycles. The summed E-state index contributed by atoms with van der Waals surface area (Å²) < 4.78 is 0. The number of aromatic nitrogens is 1. The molecule has 2 heterocycles. The van der Waals surface area contributed by atoms with E-state index in [0.29, 0.717) is 0 Å². The summed E-state index contributed by atoms with van der Waals surface area (Å²) in [5.41, 5.74) is 12.3. The Hall–Kier alpha value is -1.32. The van der Waals surface area contributed by atoms with Crippen LogP contribution < -0.4 is 11.1 Å². The van der Waals surface area contributed by atoms with Crippen molar-refractivity contribution in [1.29, 1.82) is 0 Å². The van der Waals surface area contributed by atoms with E-state index in [0.717, 1.165) is 25.8 Å². The molecule has 1 aromatic heterocycles. The van der Waals surface area contributed by atoms with Gasteiger partial charge in [-0.25, -0.2) is 0 Å². The fourth-order valence-corrected chi connectivity index (χ4v) is 4.06. The largest absolute Gasteiger partial charge is 0.357 e. The molecule has 22 heavy (non-hydrogen) atoms. The first-order chi connectivity index (χ1) is 10.4. The van der Waals surface area contributed by atoms with E-state index in [9.17, 15) is 0 Å². The number of aromatic amines is 1. The van der Waals surface area contributed by atoms with Gasteiger partial charge in [-0.1, -0.05) is 26.8 Å². The Bertz CT molecular complexity index is 716. The van der Waals surface area contributed by atoms with Gasteiger partial charge < -0.3 is 16.0 Å². The second-order valence-corrected chi connectivity index (χ2v) is 8.25. The van der Waals surface area contributed by atoms with E-state index in [4.69, 9.17) is 5.73 Å². The maximum absolute atomic E-state index is 6.63. The molecule has 2 aliphatic rings. The molecule has 4 rings (SSSR count). The second kappa shape index (κ2) is 4.59. The normalized spacial score (nSPS) is 24.1. The van der Waals surface area contributed by atoms with Crippen molar-refractivity contribution in [2.45, 2.75) is 63.5 Å². The number of nitrogens with one attached hydrogen (secondary N) is 2. The highest BCUT2D eigenvalue weighted by atomic mass is 15.0. The molecular formula is C19H27N3. The van der Waals surface area contributed by atoms with Crippen molar-refractivity contribution in [3.63, 3.8) is 0 Å². The topological polar surface area (TPSA) is 53.8 Å². The highest BCUT2D eigenvalue weighted by Crippen LogP contribution is 2.43. The fraction of sp³-hybridized carbons (Fsp3) is 0.579. The van der Waals surface area contributed by atoms with Gasteiger partial charge in [-0.2, -0.15) is 0 Å². The van der Waals surface area contributed by atoms with Gasteiger partial charge in [-0.3, -0.25) is 0 Å². The van der Waals surface area contributed by atoms with Gasteiger partial charge in [0.15, 0.2) is 0 Å². The third-order valence-corrected chi connectivity index (χ3v) is 5.68. The van der Waals surface area contributed by atoms with E-state index in [1.54, 1.807) is 0 Å². The minimum atomic E-state index is -0.0527. The van der Waals surface area contributed by atoms with Crippen LogP contribution in [0.25, 0.3) is 10.9 Å². The van der Waals surface area contributed by atoms with Crippen LogP contribution in [0.3, 0.4) is 0 Å². The zero-order chi connectivity index (χ0) is 15.5. The number of fused-ring (bicyclic) bond motifs is 3. The summed E-state index contributed by atoms with van der Waals surface area (Å²) in [6, 6.07) is 7.18. The minimum Gasteiger partial charge on any atom is -0.357 e. The highest BCUT2D eigenvalue weighted by Gasteiger charge is 2.44. The summed E-state index contributed by atoms with van der Waals surface area (Å²) >= 11 is 0. The van der Waals surface area contributed by atoms with Crippen molar-refractivity contribution in [2.24, 2.45) is 5.73 Å². The third kappa shape index (κ3) is 2.03. The van der Waals surface area contributed by atoms with E-state index >= 15 is 0 Å². The van der Waals surface area contributed by atoms with Gasteiger partial charge in [-0.15, -0.1) is 0 Å². The van der Waals surface area contributed by atoms with Crippen LogP contribution in [0.5, 0.6) is 0 Å². The number of nitrogens with two attached hydrogens (primary N) is 1. The predicted molar refractivity (Wildman–Crippen MR) is 92.2 cm³/mol. The zero-order valence-corrected chi connectivity index (χ0v) is 13.9. The van der Waals surface area contributed by atoms with Crippen LogP contribution in [0.4, 0.5) is 0 Å². The van der Waals surface area contributed by atoms with Crippen LogP contribution in [0.2, 0.25) is 0 Å². The van der Waals surface area contributed by atoms with E-state index in [1.165, 1.54) is 34.1 Å². The quantitative estimate of drug-likeness (QED) is 0.754. The second-order valence-electron chi connectivity index (χ2n) is 8.25. The molecule has 3 nitrogen and oxygen atoms in total. The summed E-state index contributed by atoms with van der Waals surface area (Å²) in [7, 11) is 0. The molecule has 1 atom stereocenters. The predicted octanol–water partition coefficient (Wildman–Crippen LogP) is 3.53. The molecule has 1 aromatic carbocycles. The van der Waals surface area contributed by atoms with Crippen LogP contribution in [0.1, 0.15) is 62.9 Å². The highest BCUT2D eigenvalue weighted by molar-refractivity contribution is 5.86. The number of benzene rings is 1. The van der Waals surface area contributed by atoms with Crippen molar-refractivity contribution in [3.05, 3.63) is 35.0 Å². The average molecular weight is 297 g/mol. The molecule has 1 saturated carbocycles. The summed E-state index contributed by atoms with van der Waals surface area (Å²) in [5.74, 6) is 0. The fourth-order valence-electron chi connectivity index (χ4n) is 4.06. The van der Waals surface area contributed by atoms with Gasteiger partial charge in [0.05, 0.1) is 6.04 Å². The van der Waals surface area contributed by atoms with Gasteiger partial charge in [0.25, 0.3) is 0 Å². The third-order valence-electron chi connectivity index (χ3n) is 5.68. The molecule has 3 heteroatoms. The lowest BCUT2D eigenvalue weighted by atomic mass is 9.70. The Labute approximate surface area is 132 Å². The molecule has 1 aliphatic heterocycles.